The zero-order chi connectivity index (χ0) is 12.5. The topological polar surface area (TPSA) is 55.1 Å². The Balaban J connectivity index is 2.28. The number of carbonyl (C=O) groups is 1. The van der Waals surface area contributed by atoms with Gasteiger partial charge in [-0.25, -0.2) is 0 Å². The van der Waals surface area contributed by atoms with Crippen LogP contribution in [0.25, 0.3) is 0 Å². The maximum absolute atomic E-state index is 10.7. The van der Waals surface area contributed by atoms with E-state index in [-0.39, 0.29) is 5.91 Å². The lowest BCUT2D eigenvalue weighted by Crippen LogP contribution is -2.13. The van der Waals surface area contributed by atoms with E-state index in [2.05, 4.69) is 12.2 Å². The Kier molecular flexibility index (Phi) is 6.55. The van der Waals surface area contributed by atoms with Crippen LogP contribution in [0.5, 0.6) is 0 Å². The van der Waals surface area contributed by atoms with Crippen LogP contribution < -0.4 is 11.1 Å². The number of anilines is 1. The molecule has 0 radical (unpaired) electrons. The molecule has 0 aliphatic carbocycles. The average Bonchev–Trinajstić information content (AvgIpc) is 2.30. The van der Waals surface area contributed by atoms with E-state index in [1.807, 2.05) is 36.0 Å². The lowest BCUT2D eigenvalue weighted by Gasteiger charge is -2.06. The number of thioether (sulfide) groups is 1. The van der Waals surface area contributed by atoms with E-state index in [0.717, 1.165) is 17.8 Å². The molecule has 1 amide bonds. The van der Waals surface area contributed by atoms with Crippen molar-refractivity contribution in [3.05, 3.63) is 29.8 Å². The highest BCUT2D eigenvalue weighted by Crippen LogP contribution is 2.10. The maximum Gasteiger partial charge on any atom is 0.221 e. The second-order valence-corrected chi connectivity index (χ2v) is 5.21. The van der Waals surface area contributed by atoms with Gasteiger partial charge in [0.05, 0.1) is 6.42 Å². The van der Waals surface area contributed by atoms with E-state index >= 15 is 0 Å². The third kappa shape index (κ3) is 6.22. The number of nitrogens with two attached hydrogens (primary N) is 1. The van der Waals surface area contributed by atoms with Gasteiger partial charge in [0.25, 0.3) is 0 Å². The highest BCUT2D eigenvalue weighted by atomic mass is 32.2. The zero-order valence-electron chi connectivity index (χ0n) is 10.2. The van der Waals surface area contributed by atoms with Crippen molar-refractivity contribution in [2.75, 3.05) is 23.4 Å². The van der Waals surface area contributed by atoms with Crippen molar-refractivity contribution in [3.8, 4) is 0 Å². The Hall–Kier alpha value is -1.16. The van der Waals surface area contributed by atoms with Crippen LogP contribution in [0.3, 0.4) is 0 Å². The molecule has 3 nitrogen and oxygen atoms in total. The van der Waals surface area contributed by atoms with Crippen LogP contribution in [-0.2, 0) is 11.2 Å². The third-order valence-electron chi connectivity index (χ3n) is 2.33. The lowest BCUT2D eigenvalue weighted by molar-refractivity contribution is -0.117. The number of rotatable bonds is 8. The van der Waals surface area contributed by atoms with Crippen LogP contribution in [-0.4, -0.2) is 24.0 Å². The minimum absolute atomic E-state index is 0.290. The fourth-order valence-corrected chi connectivity index (χ4v) is 2.13. The van der Waals surface area contributed by atoms with Crippen LogP contribution >= 0.6 is 11.8 Å². The highest BCUT2D eigenvalue weighted by Gasteiger charge is 1.98. The van der Waals surface area contributed by atoms with Gasteiger partial charge >= 0.3 is 0 Å². The largest absolute Gasteiger partial charge is 0.385 e. The summed E-state index contributed by atoms with van der Waals surface area (Å²) in [5.41, 5.74) is 7.19. The van der Waals surface area contributed by atoms with Crippen molar-refractivity contribution in [1.82, 2.24) is 0 Å². The van der Waals surface area contributed by atoms with Crippen LogP contribution in [0.2, 0.25) is 0 Å². The monoisotopic (exact) mass is 252 g/mol. The molecule has 94 valence electrons. The number of amides is 1. The second-order valence-electron chi connectivity index (χ2n) is 3.82. The first-order valence-electron chi connectivity index (χ1n) is 5.91. The Morgan fingerprint density at radius 3 is 2.65 bits per heavy atom. The summed E-state index contributed by atoms with van der Waals surface area (Å²) in [4.78, 5) is 10.7. The zero-order valence-corrected chi connectivity index (χ0v) is 11.1. The number of hydrogen-bond donors (Lipinski definition) is 2. The fourth-order valence-electron chi connectivity index (χ4n) is 1.49. The summed E-state index contributed by atoms with van der Waals surface area (Å²) < 4.78 is 0. The van der Waals surface area contributed by atoms with E-state index in [0.29, 0.717) is 6.42 Å². The molecule has 0 atom stereocenters. The van der Waals surface area contributed by atoms with Gasteiger partial charge in [0.1, 0.15) is 0 Å². The number of hydrogen-bond acceptors (Lipinski definition) is 3. The van der Waals surface area contributed by atoms with E-state index in [9.17, 15) is 4.79 Å². The molecular weight excluding hydrogens is 232 g/mol. The first kappa shape index (κ1) is 13.9. The molecule has 0 saturated heterocycles. The van der Waals surface area contributed by atoms with Gasteiger partial charge in [-0.3, -0.25) is 4.79 Å². The molecule has 17 heavy (non-hydrogen) atoms. The molecule has 1 aromatic rings. The lowest BCUT2D eigenvalue weighted by atomic mass is 10.1. The quantitative estimate of drug-likeness (QED) is 0.698. The normalized spacial score (nSPS) is 10.2. The molecule has 1 aromatic carbocycles. The number of carbonyl (C=O) groups excluding carboxylic acids is 1. The van der Waals surface area contributed by atoms with Gasteiger partial charge in [-0.1, -0.05) is 19.1 Å². The number of nitrogens with one attached hydrogen (secondary N) is 1. The molecule has 0 fully saturated rings. The van der Waals surface area contributed by atoms with E-state index < -0.39 is 0 Å². The smallest absolute Gasteiger partial charge is 0.221 e. The fraction of sp³-hybridized carbons (Fsp3) is 0.462. The Morgan fingerprint density at radius 2 is 2.06 bits per heavy atom. The summed E-state index contributed by atoms with van der Waals surface area (Å²) in [6.45, 7) is 3.16. The SMILES string of the molecule is CCSCCCNc1ccc(CC(N)=O)cc1. The Morgan fingerprint density at radius 1 is 1.35 bits per heavy atom. The molecule has 4 heteroatoms. The third-order valence-corrected chi connectivity index (χ3v) is 3.32. The van der Waals surface area contributed by atoms with Crippen molar-refractivity contribution in [2.24, 2.45) is 5.73 Å². The summed E-state index contributed by atoms with van der Waals surface area (Å²) in [5, 5.41) is 3.35. The summed E-state index contributed by atoms with van der Waals surface area (Å²) in [6, 6.07) is 7.86. The number of benzene rings is 1. The summed E-state index contributed by atoms with van der Waals surface area (Å²) in [6.07, 6.45) is 1.48. The Bertz CT molecular complexity index is 338. The summed E-state index contributed by atoms with van der Waals surface area (Å²) in [7, 11) is 0. The average molecular weight is 252 g/mol. The molecule has 0 aliphatic rings. The maximum atomic E-state index is 10.7. The van der Waals surface area contributed by atoms with Crippen LogP contribution in [0.15, 0.2) is 24.3 Å². The first-order valence-corrected chi connectivity index (χ1v) is 7.06. The van der Waals surface area contributed by atoms with Crippen molar-refractivity contribution in [3.63, 3.8) is 0 Å². The summed E-state index contributed by atoms with van der Waals surface area (Å²) in [5.74, 6) is 2.09. The van der Waals surface area contributed by atoms with Gasteiger partial charge in [-0.2, -0.15) is 11.8 Å². The minimum Gasteiger partial charge on any atom is -0.385 e. The van der Waals surface area contributed by atoms with Crippen molar-refractivity contribution in [2.45, 2.75) is 19.8 Å². The number of primary amides is 1. The minimum atomic E-state index is -0.290. The van der Waals surface area contributed by atoms with Gasteiger partial charge in [0, 0.05) is 12.2 Å². The van der Waals surface area contributed by atoms with Crippen LogP contribution in [0.1, 0.15) is 18.9 Å². The van der Waals surface area contributed by atoms with Crippen molar-refractivity contribution < 1.29 is 4.79 Å². The molecule has 1 rings (SSSR count). The Labute approximate surface area is 107 Å². The van der Waals surface area contributed by atoms with Gasteiger partial charge in [-0.05, 0) is 35.6 Å². The highest BCUT2D eigenvalue weighted by molar-refractivity contribution is 7.99. The van der Waals surface area contributed by atoms with E-state index in [4.69, 9.17) is 5.73 Å². The molecular formula is C13H20N2OS. The molecule has 0 unspecified atom stereocenters. The summed E-state index contributed by atoms with van der Waals surface area (Å²) >= 11 is 1.96. The van der Waals surface area contributed by atoms with Crippen molar-refractivity contribution >= 4 is 23.4 Å². The molecule has 0 spiro atoms. The molecule has 0 heterocycles. The molecule has 0 aliphatic heterocycles. The molecule has 0 saturated carbocycles. The van der Waals surface area contributed by atoms with Crippen molar-refractivity contribution in [1.29, 1.82) is 0 Å². The standard InChI is InChI=1S/C13H20N2OS/c1-2-17-9-3-8-15-12-6-4-11(5-7-12)10-13(14)16/h4-7,15H,2-3,8-10H2,1H3,(H2,14,16). The van der Waals surface area contributed by atoms with Gasteiger partial charge in [0.15, 0.2) is 0 Å². The van der Waals surface area contributed by atoms with Crippen LogP contribution in [0, 0.1) is 0 Å². The van der Waals surface area contributed by atoms with Gasteiger partial charge < -0.3 is 11.1 Å². The van der Waals surface area contributed by atoms with E-state index in [1.165, 1.54) is 17.9 Å². The van der Waals surface area contributed by atoms with Gasteiger partial charge in [0.2, 0.25) is 5.91 Å². The first-order chi connectivity index (χ1) is 8.22. The predicted molar refractivity (Wildman–Crippen MR) is 75.4 cm³/mol. The molecule has 0 bridgehead atoms. The van der Waals surface area contributed by atoms with Gasteiger partial charge in [-0.15, -0.1) is 0 Å². The second kappa shape index (κ2) is 8.01. The van der Waals surface area contributed by atoms with Crippen LogP contribution in [0.4, 0.5) is 5.69 Å². The van der Waals surface area contributed by atoms with E-state index in [1.54, 1.807) is 0 Å². The predicted octanol–water partition coefficient (Wildman–Crippen LogP) is 2.27. The molecule has 3 N–H and O–H groups in total. The molecule has 0 aromatic heterocycles.